The first-order valence-electron chi connectivity index (χ1n) is 7.50. The number of likely N-dealkylation sites (tertiary alicyclic amines) is 1. The van der Waals surface area contributed by atoms with Crippen LogP contribution in [0.25, 0.3) is 0 Å². The van der Waals surface area contributed by atoms with Crippen molar-refractivity contribution in [1.29, 1.82) is 0 Å². The summed E-state index contributed by atoms with van der Waals surface area (Å²) in [6.07, 6.45) is 5.18. The molecule has 1 N–H and O–H groups in total. The van der Waals surface area contributed by atoms with Crippen molar-refractivity contribution >= 4 is 28.7 Å². The highest BCUT2D eigenvalue weighted by atomic mass is 32.2. The number of nitrogens with one attached hydrogen (secondary N) is 1. The molecule has 1 saturated carbocycles. The molecule has 5 nitrogen and oxygen atoms in total. The van der Waals surface area contributed by atoms with Gasteiger partial charge >= 0.3 is 0 Å². The van der Waals surface area contributed by atoms with E-state index in [1.807, 2.05) is 0 Å². The molecule has 4 aliphatic rings. The Labute approximate surface area is 122 Å². The molecule has 2 amide bonds. The molecule has 4 rings (SSSR count). The number of amides is 2. The molecule has 2 saturated heterocycles. The summed E-state index contributed by atoms with van der Waals surface area (Å²) >= 11 is 1.41. The number of fused-ring (bicyclic) bond motifs is 2. The Morgan fingerprint density at radius 3 is 2.95 bits per heavy atom. The van der Waals surface area contributed by atoms with E-state index in [1.54, 1.807) is 0 Å². The van der Waals surface area contributed by atoms with Crippen molar-refractivity contribution in [2.24, 2.45) is 10.9 Å². The second-order valence-electron chi connectivity index (χ2n) is 6.36. The van der Waals surface area contributed by atoms with Gasteiger partial charge in [0.05, 0.1) is 0 Å². The molecule has 0 aromatic rings. The lowest BCUT2D eigenvalue weighted by atomic mass is 9.97. The molecule has 2 unspecified atom stereocenters. The zero-order chi connectivity index (χ0) is 13.9. The number of thioether (sulfide) groups is 1. The van der Waals surface area contributed by atoms with Gasteiger partial charge in [0.2, 0.25) is 5.91 Å². The Morgan fingerprint density at radius 1 is 1.40 bits per heavy atom. The second-order valence-corrected chi connectivity index (χ2v) is 7.63. The van der Waals surface area contributed by atoms with Crippen LogP contribution < -0.4 is 5.32 Å². The average molecular weight is 293 g/mol. The summed E-state index contributed by atoms with van der Waals surface area (Å²) in [5.74, 6) is 0.342. The monoisotopic (exact) mass is 293 g/mol. The van der Waals surface area contributed by atoms with Gasteiger partial charge in [-0.1, -0.05) is 11.8 Å². The number of piperidine rings is 2. The van der Waals surface area contributed by atoms with Gasteiger partial charge < -0.3 is 10.2 Å². The fraction of sp³-hybridized carbons (Fsp3) is 0.786. The summed E-state index contributed by atoms with van der Waals surface area (Å²) in [6.45, 7) is 2.90. The van der Waals surface area contributed by atoms with Gasteiger partial charge in [0.25, 0.3) is 5.91 Å². The van der Waals surface area contributed by atoms with Crippen LogP contribution in [0, 0.1) is 5.92 Å². The molecule has 0 radical (unpaired) electrons. The van der Waals surface area contributed by atoms with Gasteiger partial charge in [-0.2, -0.15) is 4.99 Å². The molecule has 2 bridgehead atoms. The van der Waals surface area contributed by atoms with Gasteiger partial charge in [0.15, 0.2) is 9.91 Å². The van der Waals surface area contributed by atoms with Crippen LogP contribution in [0.3, 0.4) is 0 Å². The van der Waals surface area contributed by atoms with Gasteiger partial charge in [-0.05, 0) is 44.9 Å². The minimum absolute atomic E-state index is 0.144. The van der Waals surface area contributed by atoms with Crippen molar-refractivity contribution in [2.75, 3.05) is 6.54 Å². The Hall–Kier alpha value is -1.04. The molecule has 0 aromatic heterocycles. The van der Waals surface area contributed by atoms with E-state index in [9.17, 15) is 9.59 Å². The zero-order valence-corrected chi connectivity index (χ0v) is 12.4. The van der Waals surface area contributed by atoms with Crippen LogP contribution in [-0.4, -0.2) is 45.3 Å². The van der Waals surface area contributed by atoms with E-state index in [-0.39, 0.29) is 11.8 Å². The van der Waals surface area contributed by atoms with E-state index in [0.717, 1.165) is 17.5 Å². The number of carbonyl (C=O) groups excluding carboxylic acids is 2. The van der Waals surface area contributed by atoms with Crippen LogP contribution in [-0.2, 0) is 9.59 Å². The van der Waals surface area contributed by atoms with Gasteiger partial charge in [-0.3, -0.25) is 9.59 Å². The minimum atomic E-state index is -0.963. The van der Waals surface area contributed by atoms with E-state index in [1.165, 1.54) is 31.0 Å². The number of aliphatic imine (C=N–C) groups is 1. The summed E-state index contributed by atoms with van der Waals surface area (Å²) in [5, 5.41) is 3.63. The van der Waals surface area contributed by atoms with E-state index in [2.05, 4.69) is 22.1 Å². The van der Waals surface area contributed by atoms with Crippen molar-refractivity contribution in [2.45, 2.75) is 55.9 Å². The highest BCUT2D eigenvalue weighted by Gasteiger charge is 2.56. The molecule has 6 heteroatoms. The topological polar surface area (TPSA) is 61.8 Å². The van der Waals surface area contributed by atoms with Crippen molar-refractivity contribution in [1.82, 2.24) is 10.2 Å². The predicted molar refractivity (Wildman–Crippen MR) is 77.4 cm³/mol. The Bertz CT molecular complexity index is 519. The lowest BCUT2D eigenvalue weighted by Crippen LogP contribution is -2.52. The van der Waals surface area contributed by atoms with Gasteiger partial charge in [-0.25, -0.2) is 0 Å². The molecule has 1 spiro atoms. The smallest absolute Gasteiger partial charge is 0.274 e. The summed E-state index contributed by atoms with van der Waals surface area (Å²) in [6, 6.07) is 0.977. The molecular formula is C14H19N3O2S. The first kappa shape index (κ1) is 12.7. The van der Waals surface area contributed by atoms with E-state index >= 15 is 0 Å². The minimum Gasteiger partial charge on any atom is -0.354 e. The summed E-state index contributed by atoms with van der Waals surface area (Å²) in [7, 11) is 0. The van der Waals surface area contributed by atoms with Crippen molar-refractivity contribution in [3.8, 4) is 0 Å². The second kappa shape index (κ2) is 4.23. The maximum Gasteiger partial charge on any atom is 0.274 e. The molecule has 108 valence electrons. The molecule has 3 heterocycles. The number of hydrogen-bond acceptors (Lipinski definition) is 4. The van der Waals surface area contributed by atoms with Gasteiger partial charge in [0, 0.05) is 18.6 Å². The quantitative estimate of drug-likeness (QED) is 0.680. The van der Waals surface area contributed by atoms with Crippen molar-refractivity contribution in [3.63, 3.8) is 0 Å². The molecular weight excluding hydrogens is 274 g/mol. The van der Waals surface area contributed by atoms with E-state index in [4.69, 9.17) is 0 Å². The van der Waals surface area contributed by atoms with Crippen LogP contribution >= 0.6 is 11.8 Å². The zero-order valence-electron chi connectivity index (χ0n) is 11.6. The summed E-state index contributed by atoms with van der Waals surface area (Å²) in [4.78, 5) is 31.1. The number of amidine groups is 1. The van der Waals surface area contributed by atoms with Crippen molar-refractivity contribution < 1.29 is 9.59 Å². The Balaban J connectivity index is 1.61. The summed E-state index contributed by atoms with van der Waals surface area (Å²) < 4.78 is -0.963. The van der Waals surface area contributed by atoms with E-state index in [0.29, 0.717) is 25.0 Å². The first-order chi connectivity index (χ1) is 9.62. The molecule has 3 aliphatic heterocycles. The average Bonchev–Trinajstić information content (AvgIpc) is 3.08. The number of nitrogens with zero attached hydrogens (tertiary/aromatic N) is 2. The number of hydrogen-bond donors (Lipinski definition) is 1. The maximum absolute atomic E-state index is 12.3. The third kappa shape index (κ3) is 1.54. The van der Waals surface area contributed by atoms with Crippen LogP contribution in [0.2, 0.25) is 0 Å². The van der Waals surface area contributed by atoms with Crippen LogP contribution in [0.1, 0.15) is 39.0 Å². The fourth-order valence-corrected chi connectivity index (χ4v) is 5.58. The lowest BCUT2D eigenvalue weighted by Gasteiger charge is -2.35. The number of carbonyl (C=O) groups is 2. The largest absolute Gasteiger partial charge is 0.354 e. The third-order valence-corrected chi connectivity index (χ3v) is 6.74. The molecule has 3 fully saturated rings. The normalized spacial score (nSPS) is 43.4. The lowest BCUT2D eigenvalue weighted by molar-refractivity contribution is -0.132. The highest BCUT2D eigenvalue weighted by molar-refractivity contribution is 8.16. The molecule has 4 atom stereocenters. The van der Waals surface area contributed by atoms with E-state index < -0.39 is 4.75 Å². The highest BCUT2D eigenvalue weighted by Crippen LogP contribution is 2.48. The summed E-state index contributed by atoms with van der Waals surface area (Å²) in [5.41, 5.74) is 0. The molecule has 0 aromatic carbocycles. The number of rotatable bonds is 0. The van der Waals surface area contributed by atoms with Gasteiger partial charge in [0.1, 0.15) is 0 Å². The maximum atomic E-state index is 12.3. The molecule has 20 heavy (non-hydrogen) atoms. The van der Waals surface area contributed by atoms with Crippen LogP contribution in [0.4, 0.5) is 0 Å². The predicted octanol–water partition coefficient (Wildman–Crippen LogP) is 1.14. The first-order valence-corrected chi connectivity index (χ1v) is 8.32. The van der Waals surface area contributed by atoms with Crippen LogP contribution in [0.5, 0.6) is 0 Å². The van der Waals surface area contributed by atoms with Gasteiger partial charge in [-0.15, -0.1) is 0 Å². The Morgan fingerprint density at radius 2 is 2.25 bits per heavy atom. The Kier molecular flexibility index (Phi) is 2.68. The molecule has 1 aliphatic carbocycles. The van der Waals surface area contributed by atoms with Crippen molar-refractivity contribution in [3.05, 3.63) is 0 Å². The fourth-order valence-electron chi connectivity index (χ4n) is 4.18. The SMILES string of the molecule is C[C@@H]1[C@@H]2CCC(C2)N1C1=NC(=O)C2(CCCNC2=O)S1. The standard InChI is InChI=1S/C14H19N3O2S/c1-8-9-3-4-10(7-9)17(8)13-16-12(19)14(20-13)5-2-6-15-11(14)18/h8-10H,2-7H2,1H3,(H,15,18)/t8-,9-,10?,14?/m1/s1. The third-order valence-electron chi connectivity index (χ3n) is 5.35. The van der Waals surface area contributed by atoms with Crippen LogP contribution in [0.15, 0.2) is 4.99 Å².